The van der Waals surface area contributed by atoms with E-state index in [9.17, 15) is 4.79 Å². The third-order valence-corrected chi connectivity index (χ3v) is 4.05. The van der Waals surface area contributed by atoms with Gasteiger partial charge in [0.1, 0.15) is 6.61 Å². The smallest absolute Gasteiger partial charge is 0.309 e. The summed E-state index contributed by atoms with van der Waals surface area (Å²) in [5.74, 6) is 0.294. The molecule has 1 saturated carbocycles. The van der Waals surface area contributed by atoms with Crippen molar-refractivity contribution in [2.45, 2.75) is 25.9 Å². The molecule has 4 heteroatoms. The van der Waals surface area contributed by atoms with Gasteiger partial charge in [0.2, 0.25) is 0 Å². The molecule has 88 valence electrons. The van der Waals surface area contributed by atoms with Gasteiger partial charge in [-0.25, -0.2) is 0 Å². The zero-order chi connectivity index (χ0) is 11.4. The summed E-state index contributed by atoms with van der Waals surface area (Å²) in [6.07, 6.45) is 3.10. The largest absolute Gasteiger partial charge is 0.460 e. The van der Waals surface area contributed by atoms with Crippen molar-refractivity contribution in [1.82, 2.24) is 0 Å². The van der Waals surface area contributed by atoms with E-state index in [4.69, 9.17) is 10.5 Å². The Morgan fingerprint density at radius 1 is 1.56 bits per heavy atom. The first-order valence-electron chi connectivity index (χ1n) is 5.70. The molecule has 2 atom stereocenters. The lowest BCUT2D eigenvalue weighted by atomic mass is 9.96. The SMILES string of the molecule is NCC1CCCC1C(=O)OCc1cccs1. The van der Waals surface area contributed by atoms with Gasteiger partial charge in [0.25, 0.3) is 0 Å². The van der Waals surface area contributed by atoms with Gasteiger partial charge in [-0.3, -0.25) is 4.79 Å². The highest BCUT2D eigenvalue weighted by atomic mass is 32.1. The molecule has 0 saturated heterocycles. The predicted octanol–water partition coefficient (Wildman–Crippen LogP) is 2.17. The van der Waals surface area contributed by atoms with E-state index in [1.807, 2.05) is 17.5 Å². The van der Waals surface area contributed by atoms with Crippen molar-refractivity contribution >= 4 is 17.3 Å². The summed E-state index contributed by atoms with van der Waals surface area (Å²) in [6, 6.07) is 3.94. The molecule has 0 spiro atoms. The molecular formula is C12H17NO2S. The Balaban J connectivity index is 1.83. The number of carbonyl (C=O) groups is 1. The molecule has 1 aliphatic rings. The Labute approximate surface area is 99.6 Å². The van der Waals surface area contributed by atoms with Crippen LogP contribution in [0.5, 0.6) is 0 Å². The fourth-order valence-corrected chi connectivity index (χ4v) is 2.89. The Kier molecular flexibility index (Phi) is 3.96. The predicted molar refractivity (Wildman–Crippen MR) is 64.0 cm³/mol. The van der Waals surface area contributed by atoms with E-state index in [-0.39, 0.29) is 11.9 Å². The quantitative estimate of drug-likeness (QED) is 0.819. The van der Waals surface area contributed by atoms with Gasteiger partial charge in [-0.15, -0.1) is 11.3 Å². The third kappa shape index (κ3) is 2.62. The standard InChI is InChI=1S/C12H17NO2S/c13-7-9-3-1-5-11(9)12(14)15-8-10-4-2-6-16-10/h2,4,6,9,11H,1,3,5,7-8,13H2. The van der Waals surface area contributed by atoms with Crippen LogP contribution in [0.15, 0.2) is 17.5 Å². The Bertz CT molecular complexity index is 337. The molecular weight excluding hydrogens is 222 g/mol. The maximum atomic E-state index is 11.8. The molecule has 1 aromatic rings. The second-order valence-electron chi connectivity index (χ2n) is 4.22. The molecule has 1 fully saturated rings. The zero-order valence-corrected chi connectivity index (χ0v) is 10.0. The number of esters is 1. The summed E-state index contributed by atoms with van der Waals surface area (Å²) < 4.78 is 5.32. The van der Waals surface area contributed by atoms with Crippen LogP contribution in [0.4, 0.5) is 0 Å². The topological polar surface area (TPSA) is 52.3 Å². The lowest BCUT2D eigenvalue weighted by Gasteiger charge is -2.16. The zero-order valence-electron chi connectivity index (χ0n) is 9.22. The number of hydrogen-bond donors (Lipinski definition) is 1. The third-order valence-electron chi connectivity index (χ3n) is 3.20. The van der Waals surface area contributed by atoms with Crippen molar-refractivity contribution in [2.75, 3.05) is 6.54 Å². The average molecular weight is 239 g/mol. The molecule has 0 aliphatic heterocycles. The fraction of sp³-hybridized carbons (Fsp3) is 0.583. The van der Waals surface area contributed by atoms with Gasteiger partial charge in [-0.1, -0.05) is 12.5 Å². The highest BCUT2D eigenvalue weighted by Crippen LogP contribution is 2.32. The normalized spacial score (nSPS) is 24.6. The number of thiophene rings is 1. The summed E-state index contributed by atoms with van der Waals surface area (Å²) in [5.41, 5.74) is 5.65. The first-order valence-corrected chi connectivity index (χ1v) is 6.58. The maximum Gasteiger partial charge on any atom is 0.309 e. The summed E-state index contributed by atoms with van der Waals surface area (Å²) in [4.78, 5) is 12.9. The lowest BCUT2D eigenvalue weighted by Crippen LogP contribution is -2.26. The molecule has 1 aliphatic carbocycles. The number of nitrogens with two attached hydrogens (primary N) is 1. The Morgan fingerprint density at radius 3 is 3.12 bits per heavy atom. The van der Waals surface area contributed by atoms with E-state index in [1.165, 1.54) is 0 Å². The number of rotatable bonds is 4. The van der Waals surface area contributed by atoms with Crippen LogP contribution >= 0.6 is 11.3 Å². The van der Waals surface area contributed by atoms with Gasteiger partial charge in [-0.2, -0.15) is 0 Å². The van der Waals surface area contributed by atoms with Crippen molar-refractivity contribution in [3.8, 4) is 0 Å². The van der Waals surface area contributed by atoms with Gasteiger partial charge >= 0.3 is 5.97 Å². The summed E-state index contributed by atoms with van der Waals surface area (Å²) in [7, 11) is 0. The van der Waals surface area contributed by atoms with Crippen molar-refractivity contribution in [3.05, 3.63) is 22.4 Å². The van der Waals surface area contributed by atoms with Crippen molar-refractivity contribution < 1.29 is 9.53 Å². The molecule has 0 radical (unpaired) electrons. The molecule has 2 rings (SSSR count). The van der Waals surface area contributed by atoms with E-state index < -0.39 is 0 Å². The van der Waals surface area contributed by atoms with Crippen LogP contribution in [0.1, 0.15) is 24.1 Å². The van der Waals surface area contributed by atoms with Crippen LogP contribution in [-0.2, 0) is 16.1 Å². The first kappa shape index (κ1) is 11.6. The van der Waals surface area contributed by atoms with Crippen LogP contribution in [0.2, 0.25) is 0 Å². The molecule has 3 nitrogen and oxygen atoms in total. The van der Waals surface area contributed by atoms with E-state index in [0.29, 0.717) is 19.1 Å². The highest BCUT2D eigenvalue weighted by molar-refractivity contribution is 7.09. The van der Waals surface area contributed by atoms with Crippen molar-refractivity contribution in [1.29, 1.82) is 0 Å². The van der Waals surface area contributed by atoms with E-state index in [1.54, 1.807) is 11.3 Å². The molecule has 1 aromatic heterocycles. The molecule has 2 unspecified atom stereocenters. The van der Waals surface area contributed by atoms with Gasteiger partial charge in [0, 0.05) is 4.88 Å². The number of carbonyl (C=O) groups excluding carboxylic acids is 1. The van der Waals surface area contributed by atoms with Crippen LogP contribution in [0.3, 0.4) is 0 Å². The Morgan fingerprint density at radius 2 is 2.44 bits per heavy atom. The number of hydrogen-bond acceptors (Lipinski definition) is 4. The van der Waals surface area contributed by atoms with Gasteiger partial charge in [0.05, 0.1) is 5.92 Å². The minimum absolute atomic E-state index is 0.0324. The number of ether oxygens (including phenoxy) is 1. The summed E-state index contributed by atoms with van der Waals surface area (Å²) in [5, 5.41) is 1.99. The maximum absolute atomic E-state index is 11.8. The van der Waals surface area contributed by atoms with Gasteiger partial charge in [0.15, 0.2) is 0 Å². The molecule has 16 heavy (non-hydrogen) atoms. The van der Waals surface area contributed by atoms with Gasteiger partial charge in [-0.05, 0) is 36.8 Å². The van der Waals surface area contributed by atoms with Crippen LogP contribution in [0.25, 0.3) is 0 Å². The minimum Gasteiger partial charge on any atom is -0.460 e. The molecule has 2 N–H and O–H groups in total. The van der Waals surface area contributed by atoms with Gasteiger partial charge < -0.3 is 10.5 Å². The van der Waals surface area contributed by atoms with E-state index in [2.05, 4.69) is 0 Å². The van der Waals surface area contributed by atoms with E-state index in [0.717, 1.165) is 24.1 Å². The molecule has 0 aromatic carbocycles. The van der Waals surface area contributed by atoms with Crippen LogP contribution in [-0.4, -0.2) is 12.5 Å². The monoisotopic (exact) mass is 239 g/mol. The fourth-order valence-electron chi connectivity index (χ4n) is 2.27. The molecule has 0 bridgehead atoms. The second kappa shape index (κ2) is 5.46. The first-order chi connectivity index (χ1) is 7.81. The second-order valence-corrected chi connectivity index (χ2v) is 5.25. The Hall–Kier alpha value is -0.870. The highest BCUT2D eigenvalue weighted by Gasteiger charge is 2.33. The summed E-state index contributed by atoms with van der Waals surface area (Å²) in [6.45, 7) is 1.00. The van der Waals surface area contributed by atoms with Crippen LogP contribution < -0.4 is 5.73 Å². The summed E-state index contributed by atoms with van der Waals surface area (Å²) >= 11 is 1.61. The molecule has 0 amide bonds. The van der Waals surface area contributed by atoms with Crippen molar-refractivity contribution in [2.24, 2.45) is 17.6 Å². The van der Waals surface area contributed by atoms with Crippen LogP contribution in [0, 0.1) is 11.8 Å². The average Bonchev–Trinajstić information content (AvgIpc) is 2.96. The van der Waals surface area contributed by atoms with Crippen molar-refractivity contribution in [3.63, 3.8) is 0 Å². The minimum atomic E-state index is -0.0682. The molecule has 1 heterocycles. The lowest BCUT2D eigenvalue weighted by molar-refractivity contribution is -0.150. The van der Waals surface area contributed by atoms with E-state index >= 15 is 0 Å².